The number of carbonyl (C=O) groups excluding carboxylic acids is 2. The zero-order chi connectivity index (χ0) is 16.4. The molecule has 0 bridgehead atoms. The van der Waals surface area contributed by atoms with Gasteiger partial charge in [0.05, 0.1) is 17.2 Å². The van der Waals surface area contributed by atoms with Crippen LogP contribution in [-0.2, 0) is 4.79 Å². The highest BCUT2D eigenvalue weighted by molar-refractivity contribution is 5.95. The molecular weight excluding hydrogens is 292 g/mol. The summed E-state index contributed by atoms with van der Waals surface area (Å²) in [7, 11) is 0. The average molecular weight is 316 g/mol. The minimum atomic E-state index is -0.0915. The van der Waals surface area contributed by atoms with Gasteiger partial charge in [-0.3, -0.25) is 9.59 Å². The van der Waals surface area contributed by atoms with Crippen LogP contribution in [0.25, 0.3) is 0 Å². The second-order valence-corrected chi connectivity index (χ2v) is 6.64. The zero-order valence-corrected chi connectivity index (χ0v) is 13.8. The summed E-state index contributed by atoms with van der Waals surface area (Å²) in [5.74, 6) is 0.600. The first kappa shape index (κ1) is 15.9. The van der Waals surface area contributed by atoms with Gasteiger partial charge in [0, 0.05) is 25.3 Å². The van der Waals surface area contributed by atoms with E-state index in [-0.39, 0.29) is 17.7 Å². The van der Waals surface area contributed by atoms with Gasteiger partial charge in [0.25, 0.3) is 5.91 Å². The Bertz CT molecular complexity index is 611. The van der Waals surface area contributed by atoms with Crippen LogP contribution in [0.15, 0.2) is 6.20 Å². The van der Waals surface area contributed by atoms with E-state index in [1.165, 1.54) is 12.8 Å². The normalized spacial score (nSPS) is 21.7. The van der Waals surface area contributed by atoms with Crippen LogP contribution in [0.5, 0.6) is 0 Å². The number of hydrogen-bond donors (Lipinski definition) is 1. The third-order valence-electron chi connectivity index (χ3n) is 4.88. The number of aromatic nitrogens is 2. The lowest BCUT2D eigenvalue weighted by Crippen LogP contribution is -2.39. The Morgan fingerprint density at radius 3 is 2.65 bits per heavy atom. The first-order valence-electron chi connectivity index (χ1n) is 8.44. The molecule has 0 aromatic carbocycles. The molecule has 1 saturated heterocycles. The standard InChI is InChI=1S/C17H24N4O2/c1-11-15(9-18-12(2)19-11)17(23)21-8-7-13(10-21)16(22)20-14-5-3-4-6-14/h9,13-14H,3-8,10H2,1-2H3,(H,20,22)/t13-/m0/s1. The second kappa shape index (κ2) is 6.64. The van der Waals surface area contributed by atoms with Crippen LogP contribution in [0.3, 0.4) is 0 Å². The number of likely N-dealkylation sites (tertiary alicyclic amines) is 1. The molecule has 2 heterocycles. The maximum atomic E-state index is 12.6. The van der Waals surface area contributed by atoms with E-state index >= 15 is 0 Å². The van der Waals surface area contributed by atoms with Crippen LogP contribution in [0, 0.1) is 19.8 Å². The van der Waals surface area contributed by atoms with Gasteiger partial charge in [-0.2, -0.15) is 0 Å². The molecular formula is C17H24N4O2. The molecule has 1 aromatic rings. The summed E-state index contributed by atoms with van der Waals surface area (Å²) in [5, 5.41) is 3.14. The number of hydrogen-bond acceptors (Lipinski definition) is 4. The Hall–Kier alpha value is -1.98. The lowest BCUT2D eigenvalue weighted by molar-refractivity contribution is -0.125. The quantitative estimate of drug-likeness (QED) is 0.919. The van der Waals surface area contributed by atoms with Crippen LogP contribution in [-0.4, -0.2) is 45.8 Å². The first-order chi connectivity index (χ1) is 11.0. The lowest BCUT2D eigenvalue weighted by atomic mass is 10.1. The molecule has 23 heavy (non-hydrogen) atoms. The number of nitrogens with zero attached hydrogens (tertiary/aromatic N) is 3. The molecule has 3 rings (SSSR count). The average Bonchev–Trinajstić information content (AvgIpc) is 3.17. The van der Waals surface area contributed by atoms with Gasteiger partial charge in [-0.25, -0.2) is 9.97 Å². The molecule has 2 fully saturated rings. The van der Waals surface area contributed by atoms with E-state index in [1.807, 2.05) is 6.92 Å². The molecule has 2 amide bonds. The maximum absolute atomic E-state index is 12.6. The Morgan fingerprint density at radius 1 is 1.22 bits per heavy atom. The highest BCUT2D eigenvalue weighted by Crippen LogP contribution is 2.22. The third kappa shape index (κ3) is 3.51. The predicted molar refractivity (Wildman–Crippen MR) is 85.9 cm³/mol. The van der Waals surface area contributed by atoms with Crippen molar-refractivity contribution in [2.24, 2.45) is 5.92 Å². The molecule has 0 spiro atoms. The topological polar surface area (TPSA) is 75.2 Å². The van der Waals surface area contributed by atoms with Crippen molar-refractivity contribution in [1.29, 1.82) is 0 Å². The van der Waals surface area contributed by atoms with Gasteiger partial charge in [-0.1, -0.05) is 12.8 Å². The van der Waals surface area contributed by atoms with Crippen LogP contribution in [0.2, 0.25) is 0 Å². The van der Waals surface area contributed by atoms with Gasteiger partial charge in [0.15, 0.2) is 0 Å². The highest BCUT2D eigenvalue weighted by atomic mass is 16.2. The zero-order valence-electron chi connectivity index (χ0n) is 13.8. The number of nitrogens with one attached hydrogen (secondary N) is 1. The SMILES string of the molecule is Cc1ncc(C(=O)N2CC[C@H](C(=O)NC3CCCC3)C2)c(C)n1. The van der Waals surface area contributed by atoms with Crippen molar-refractivity contribution in [1.82, 2.24) is 20.2 Å². The molecule has 6 nitrogen and oxygen atoms in total. The lowest BCUT2D eigenvalue weighted by Gasteiger charge is -2.18. The van der Waals surface area contributed by atoms with Crippen LogP contribution in [0.1, 0.15) is 54.0 Å². The molecule has 6 heteroatoms. The monoisotopic (exact) mass is 316 g/mol. The highest BCUT2D eigenvalue weighted by Gasteiger charge is 2.33. The summed E-state index contributed by atoms with van der Waals surface area (Å²) in [6.07, 6.45) is 6.89. The van der Waals surface area contributed by atoms with E-state index in [2.05, 4.69) is 15.3 Å². The minimum Gasteiger partial charge on any atom is -0.353 e. The van der Waals surface area contributed by atoms with Crippen molar-refractivity contribution < 1.29 is 9.59 Å². The second-order valence-electron chi connectivity index (χ2n) is 6.64. The van der Waals surface area contributed by atoms with Crippen LogP contribution < -0.4 is 5.32 Å². The van der Waals surface area contributed by atoms with E-state index < -0.39 is 0 Å². The smallest absolute Gasteiger partial charge is 0.257 e. The third-order valence-corrected chi connectivity index (χ3v) is 4.88. The Labute approximate surface area is 136 Å². The van der Waals surface area contributed by atoms with Crippen molar-refractivity contribution in [2.45, 2.75) is 52.0 Å². The molecule has 1 N–H and O–H groups in total. The summed E-state index contributed by atoms with van der Waals surface area (Å²) < 4.78 is 0. The maximum Gasteiger partial charge on any atom is 0.257 e. The van der Waals surface area contributed by atoms with Crippen molar-refractivity contribution in [2.75, 3.05) is 13.1 Å². The molecule has 0 radical (unpaired) electrons. The van der Waals surface area contributed by atoms with Gasteiger partial charge < -0.3 is 10.2 Å². The fourth-order valence-electron chi connectivity index (χ4n) is 3.51. The van der Waals surface area contributed by atoms with Gasteiger partial charge in [-0.05, 0) is 33.1 Å². The minimum absolute atomic E-state index is 0.0707. The largest absolute Gasteiger partial charge is 0.353 e. The molecule has 2 aliphatic rings. The summed E-state index contributed by atoms with van der Waals surface area (Å²) in [4.78, 5) is 35.1. The van der Waals surface area contributed by atoms with Gasteiger partial charge in [-0.15, -0.1) is 0 Å². The summed E-state index contributed by atoms with van der Waals surface area (Å²) >= 11 is 0. The van der Waals surface area contributed by atoms with Crippen LogP contribution in [0.4, 0.5) is 0 Å². The first-order valence-corrected chi connectivity index (χ1v) is 8.44. The Morgan fingerprint density at radius 2 is 1.96 bits per heavy atom. The fraction of sp³-hybridized carbons (Fsp3) is 0.647. The Kier molecular flexibility index (Phi) is 4.59. The Balaban J connectivity index is 1.60. The van der Waals surface area contributed by atoms with Crippen LogP contribution >= 0.6 is 0 Å². The number of amides is 2. The van der Waals surface area contributed by atoms with Crippen molar-refractivity contribution >= 4 is 11.8 Å². The molecule has 1 saturated carbocycles. The molecule has 1 atom stereocenters. The van der Waals surface area contributed by atoms with Crippen molar-refractivity contribution in [3.05, 3.63) is 23.3 Å². The van der Waals surface area contributed by atoms with E-state index in [0.29, 0.717) is 36.2 Å². The predicted octanol–water partition coefficient (Wildman–Crippen LogP) is 1.61. The van der Waals surface area contributed by atoms with Crippen molar-refractivity contribution in [3.63, 3.8) is 0 Å². The molecule has 1 aliphatic carbocycles. The number of aryl methyl sites for hydroxylation is 2. The molecule has 0 unspecified atom stereocenters. The number of carbonyl (C=O) groups is 2. The van der Waals surface area contributed by atoms with Gasteiger partial charge in [0.1, 0.15) is 5.82 Å². The molecule has 1 aromatic heterocycles. The van der Waals surface area contributed by atoms with Gasteiger partial charge >= 0.3 is 0 Å². The van der Waals surface area contributed by atoms with E-state index in [4.69, 9.17) is 0 Å². The van der Waals surface area contributed by atoms with Crippen molar-refractivity contribution in [3.8, 4) is 0 Å². The van der Waals surface area contributed by atoms with E-state index in [0.717, 1.165) is 19.3 Å². The fourth-order valence-corrected chi connectivity index (χ4v) is 3.51. The summed E-state index contributed by atoms with van der Waals surface area (Å²) in [6.45, 7) is 4.74. The van der Waals surface area contributed by atoms with Gasteiger partial charge in [0.2, 0.25) is 5.91 Å². The van der Waals surface area contributed by atoms with E-state index in [1.54, 1.807) is 18.0 Å². The summed E-state index contributed by atoms with van der Waals surface area (Å²) in [5.41, 5.74) is 1.23. The summed E-state index contributed by atoms with van der Waals surface area (Å²) in [6, 6.07) is 0.333. The van der Waals surface area contributed by atoms with E-state index in [9.17, 15) is 9.59 Å². The molecule has 124 valence electrons. The molecule has 1 aliphatic heterocycles. The number of rotatable bonds is 3.